The Bertz CT molecular complexity index is 320. The Morgan fingerprint density at radius 2 is 2.62 bits per heavy atom. The fourth-order valence-corrected chi connectivity index (χ4v) is 1.64. The number of carbonyl (C=O) groups excluding carboxylic acids is 1. The molecule has 1 fully saturated rings. The molecule has 68 valence electrons. The van der Waals surface area contributed by atoms with E-state index >= 15 is 0 Å². The second-order valence-corrected chi connectivity index (χ2v) is 3.59. The molecule has 0 atom stereocenters. The zero-order valence-corrected chi connectivity index (χ0v) is 7.75. The predicted molar refractivity (Wildman–Crippen MR) is 52.0 cm³/mol. The van der Waals surface area contributed by atoms with Crippen molar-refractivity contribution in [3.8, 4) is 0 Å². The first-order valence-corrected chi connectivity index (χ1v) is 4.87. The van der Waals surface area contributed by atoms with Crippen LogP contribution in [0.1, 0.15) is 4.88 Å². The molecule has 13 heavy (non-hydrogen) atoms. The van der Waals surface area contributed by atoms with Gasteiger partial charge in [-0.25, -0.2) is 9.80 Å². The summed E-state index contributed by atoms with van der Waals surface area (Å²) >= 11 is 1.60. The minimum atomic E-state index is -0.118. The van der Waals surface area contributed by atoms with Crippen molar-refractivity contribution in [2.45, 2.75) is 0 Å². The molecule has 2 amide bonds. The van der Waals surface area contributed by atoms with Gasteiger partial charge in [0.15, 0.2) is 0 Å². The lowest BCUT2D eigenvalue weighted by Gasteiger charge is -2.04. The van der Waals surface area contributed by atoms with E-state index in [0.29, 0.717) is 13.1 Å². The number of urea groups is 1. The summed E-state index contributed by atoms with van der Waals surface area (Å²) in [4.78, 5) is 12.1. The first-order chi connectivity index (χ1) is 6.36. The molecule has 0 aromatic carbocycles. The van der Waals surface area contributed by atoms with Gasteiger partial charge in [-0.3, -0.25) is 0 Å². The van der Waals surface area contributed by atoms with Crippen molar-refractivity contribution >= 4 is 23.6 Å². The van der Waals surface area contributed by atoms with Crippen LogP contribution in [-0.4, -0.2) is 30.3 Å². The van der Waals surface area contributed by atoms with Crippen LogP contribution in [0.5, 0.6) is 0 Å². The standard InChI is InChI=1S/C8H9N3OS/c12-8-9-3-4-11(8)10-6-7-2-1-5-13-7/h1-2,5-6H,3-4H2,(H,9,12). The Kier molecular flexibility index (Phi) is 2.27. The second kappa shape index (κ2) is 3.57. The Labute approximate surface area is 79.9 Å². The van der Waals surface area contributed by atoms with Crippen LogP contribution >= 0.6 is 11.3 Å². The van der Waals surface area contributed by atoms with Crippen molar-refractivity contribution in [2.75, 3.05) is 13.1 Å². The quantitative estimate of drug-likeness (QED) is 0.706. The minimum Gasteiger partial charge on any atom is -0.335 e. The molecule has 2 rings (SSSR count). The highest BCUT2D eigenvalue weighted by atomic mass is 32.1. The van der Waals surface area contributed by atoms with Crippen LogP contribution in [0.3, 0.4) is 0 Å². The van der Waals surface area contributed by atoms with Gasteiger partial charge in [0.1, 0.15) is 0 Å². The largest absolute Gasteiger partial charge is 0.337 e. The van der Waals surface area contributed by atoms with Crippen LogP contribution in [0.15, 0.2) is 22.6 Å². The Balaban J connectivity index is 2.01. The average Bonchev–Trinajstić information content (AvgIpc) is 2.72. The third-order valence-electron chi connectivity index (χ3n) is 1.70. The normalized spacial score (nSPS) is 16.9. The van der Waals surface area contributed by atoms with Crippen molar-refractivity contribution in [1.82, 2.24) is 10.3 Å². The molecule has 5 heteroatoms. The number of nitrogens with one attached hydrogen (secondary N) is 1. The van der Waals surface area contributed by atoms with E-state index in [9.17, 15) is 4.79 Å². The molecular weight excluding hydrogens is 186 g/mol. The third-order valence-corrected chi connectivity index (χ3v) is 2.51. The molecule has 0 aliphatic carbocycles. The van der Waals surface area contributed by atoms with Crippen LogP contribution in [0.4, 0.5) is 4.79 Å². The van der Waals surface area contributed by atoms with Crippen molar-refractivity contribution < 1.29 is 4.79 Å². The maximum Gasteiger partial charge on any atom is 0.337 e. The smallest absolute Gasteiger partial charge is 0.335 e. The molecule has 0 spiro atoms. The number of rotatable bonds is 2. The lowest BCUT2D eigenvalue weighted by atomic mass is 10.5. The van der Waals surface area contributed by atoms with Crippen molar-refractivity contribution in [3.05, 3.63) is 22.4 Å². The summed E-state index contributed by atoms with van der Waals surface area (Å²) in [6.45, 7) is 1.33. The highest BCUT2D eigenvalue weighted by molar-refractivity contribution is 7.11. The predicted octanol–water partition coefficient (Wildman–Crippen LogP) is 1.11. The van der Waals surface area contributed by atoms with E-state index in [1.54, 1.807) is 17.6 Å². The summed E-state index contributed by atoms with van der Waals surface area (Å²) in [6.07, 6.45) is 1.70. The fourth-order valence-electron chi connectivity index (χ4n) is 1.06. The van der Waals surface area contributed by atoms with Gasteiger partial charge < -0.3 is 5.32 Å². The van der Waals surface area contributed by atoms with Gasteiger partial charge in [-0.05, 0) is 11.4 Å². The lowest BCUT2D eigenvalue weighted by molar-refractivity contribution is 0.219. The second-order valence-electron chi connectivity index (χ2n) is 2.62. The Morgan fingerprint density at radius 3 is 3.23 bits per heavy atom. The maximum absolute atomic E-state index is 11.0. The van der Waals surface area contributed by atoms with Crippen molar-refractivity contribution in [2.24, 2.45) is 5.10 Å². The summed E-state index contributed by atoms with van der Waals surface area (Å²) in [7, 11) is 0. The molecule has 4 nitrogen and oxygen atoms in total. The van der Waals surface area contributed by atoms with Crippen molar-refractivity contribution in [1.29, 1.82) is 0 Å². The molecule has 1 saturated heterocycles. The number of hydrogen-bond acceptors (Lipinski definition) is 3. The van der Waals surface area contributed by atoms with Gasteiger partial charge in [0.25, 0.3) is 0 Å². The molecule has 1 aromatic heterocycles. The SMILES string of the molecule is O=C1NCCN1N=Cc1cccs1. The van der Waals surface area contributed by atoms with Gasteiger partial charge in [0, 0.05) is 11.4 Å². The topological polar surface area (TPSA) is 44.7 Å². The third kappa shape index (κ3) is 1.86. The molecule has 1 N–H and O–H groups in total. The summed E-state index contributed by atoms with van der Waals surface area (Å²) in [5, 5.41) is 10.1. The molecule has 2 heterocycles. The molecule has 0 radical (unpaired) electrons. The monoisotopic (exact) mass is 195 g/mol. The van der Waals surface area contributed by atoms with Crippen LogP contribution in [0.25, 0.3) is 0 Å². The van der Waals surface area contributed by atoms with Gasteiger partial charge in [0.2, 0.25) is 0 Å². The van der Waals surface area contributed by atoms with E-state index in [1.807, 2.05) is 17.5 Å². The molecular formula is C8H9N3OS. The number of hydrogen-bond donors (Lipinski definition) is 1. The van der Waals surface area contributed by atoms with E-state index < -0.39 is 0 Å². The van der Waals surface area contributed by atoms with E-state index in [0.717, 1.165) is 4.88 Å². The Hall–Kier alpha value is -1.36. The van der Waals surface area contributed by atoms with E-state index in [1.165, 1.54) is 5.01 Å². The minimum absolute atomic E-state index is 0.118. The van der Waals surface area contributed by atoms with Crippen LogP contribution < -0.4 is 5.32 Å². The fraction of sp³-hybridized carbons (Fsp3) is 0.250. The van der Waals surface area contributed by atoms with Gasteiger partial charge in [0.05, 0.1) is 12.8 Å². The zero-order chi connectivity index (χ0) is 9.10. The molecule has 1 aliphatic rings. The van der Waals surface area contributed by atoms with Crippen LogP contribution in [-0.2, 0) is 0 Å². The van der Waals surface area contributed by atoms with Crippen molar-refractivity contribution in [3.63, 3.8) is 0 Å². The summed E-state index contributed by atoms with van der Waals surface area (Å²) in [5.41, 5.74) is 0. The number of nitrogens with zero attached hydrogens (tertiary/aromatic N) is 2. The summed E-state index contributed by atoms with van der Waals surface area (Å²) < 4.78 is 0. The molecule has 0 bridgehead atoms. The van der Waals surface area contributed by atoms with E-state index in [-0.39, 0.29) is 6.03 Å². The average molecular weight is 195 g/mol. The molecule has 0 unspecified atom stereocenters. The van der Waals surface area contributed by atoms with Gasteiger partial charge >= 0.3 is 6.03 Å². The zero-order valence-electron chi connectivity index (χ0n) is 6.93. The van der Waals surface area contributed by atoms with Gasteiger partial charge in [-0.15, -0.1) is 11.3 Å². The summed E-state index contributed by atoms with van der Waals surface area (Å²) in [6, 6.07) is 3.80. The number of hydrazone groups is 1. The Morgan fingerprint density at radius 1 is 1.69 bits per heavy atom. The van der Waals surface area contributed by atoms with Crippen LogP contribution in [0, 0.1) is 0 Å². The number of thiophene rings is 1. The lowest BCUT2D eigenvalue weighted by Crippen LogP contribution is -2.23. The molecule has 1 aromatic rings. The van der Waals surface area contributed by atoms with Crippen LogP contribution in [0.2, 0.25) is 0 Å². The highest BCUT2D eigenvalue weighted by Gasteiger charge is 2.17. The molecule has 1 aliphatic heterocycles. The van der Waals surface area contributed by atoms with E-state index in [2.05, 4.69) is 10.4 Å². The summed E-state index contributed by atoms with van der Waals surface area (Å²) in [5.74, 6) is 0. The van der Waals surface area contributed by atoms with E-state index in [4.69, 9.17) is 0 Å². The van der Waals surface area contributed by atoms with Gasteiger partial charge in [-0.2, -0.15) is 5.10 Å². The first-order valence-electron chi connectivity index (χ1n) is 3.99. The molecule has 0 saturated carbocycles. The van der Waals surface area contributed by atoms with Gasteiger partial charge in [-0.1, -0.05) is 6.07 Å². The number of amides is 2. The number of carbonyl (C=O) groups is 1. The highest BCUT2D eigenvalue weighted by Crippen LogP contribution is 2.06. The maximum atomic E-state index is 11.0. The first kappa shape index (κ1) is 8.25.